The van der Waals surface area contributed by atoms with E-state index in [1.54, 1.807) is 49.0 Å². The molecule has 0 fully saturated rings. The highest BCUT2D eigenvalue weighted by Gasteiger charge is 2.17. The van der Waals surface area contributed by atoms with Crippen LogP contribution in [-0.4, -0.2) is 35.3 Å². The monoisotopic (exact) mass is 382 g/mol. The van der Waals surface area contributed by atoms with Crippen LogP contribution in [0.4, 0.5) is 6.01 Å². The number of carbonyl (C=O) groups is 1. The van der Waals surface area contributed by atoms with Gasteiger partial charge in [-0.1, -0.05) is 5.10 Å². The zero-order valence-corrected chi connectivity index (χ0v) is 15.2. The zero-order valence-electron chi connectivity index (χ0n) is 14.4. The average molecular weight is 382 g/mol. The van der Waals surface area contributed by atoms with Gasteiger partial charge in [-0.3, -0.25) is 10.1 Å². The Balaban J connectivity index is 1.56. The summed E-state index contributed by atoms with van der Waals surface area (Å²) in [7, 11) is 3.10. The molecule has 2 aromatic carbocycles. The highest BCUT2D eigenvalue weighted by molar-refractivity contribution is 7.16. The van der Waals surface area contributed by atoms with Crippen LogP contribution in [0.15, 0.2) is 46.3 Å². The van der Waals surface area contributed by atoms with Gasteiger partial charge in [-0.25, -0.2) is 4.98 Å². The Kier molecular flexibility index (Phi) is 4.43. The minimum atomic E-state index is -0.345. The number of anilines is 1. The predicted molar refractivity (Wildman–Crippen MR) is 100 cm³/mol. The lowest BCUT2D eigenvalue weighted by atomic mass is 10.2. The predicted octanol–water partition coefficient (Wildman–Crippen LogP) is 3.62. The molecule has 0 aliphatic rings. The van der Waals surface area contributed by atoms with Crippen molar-refractivity contribution in [3.8, 4) is 23.0 Å². The topological polar surface area (TPSA) is 99.4 Å². The summed E-state index contributed by atoms with van der Waals surface area (Å²) >= 11 is 1.47. The molecule has 9 heteroatoms. The molecule has 136 valence electrons. The molecule has 1 N–H and O–H groups in total. The maximum absolute atomic E-state index is 12.4. The van der Waals surface area contributed by atoms with Gasteiger partial charge in [0.15, 0.2) is 0 Å². The second kappa shape index (κ2) is 7.04. The van der Waals surface area contributed by atoms with Crippen molar-refractivity contribution in [2.75, 3.05) is 19.5 Å². The van der Waals surface area contributed by atoms with Crippen molar-refractivity contribution in [3.05, 3.63) is 47.5 Å². The molecule has 0 spiro atoms. The SMILES string of the molecule is COc1ccc(-c2nnc(NC(=O)c3ccc4ncsc4c3)o2)c(OC)c1. The van der Waals surface area contributed by atoms with E-state index in [0.29, 0.717) is 22.6 Å². The molecule has 4 aromatic rings. The Morgan fingerprint density at radius 2 is 2.00 bits per heavy atom. The lowest BCUT2D eigenvalue weighted by Gasteiger charge is -2.07. The summed E-state index contributed by atoms with van der Waals surface area (Å²) in [5.74, 6) is 1.04. The molecule has 4 rings (SSSR count). The number of nitrogens with one attached hydrogen (secondary N) is 1. The fraction of sp³-hybridized carbons (Fsp3) is 0.111. The quantitative estimate of drug-likeness (QED) is 0.563. The lowest BCUT2D eigenvalue weighted by molar-refractivity contribution is 0.102. The van der Waals surface area contributed by atoms with Crippen LogP contribution in [0, 0.1) is 0 Å². The number of ether oxygens (including phenoxy) is 2. The average Bonchev–Trinajstić information content (AvgIpc) is 3.36. The number of carbonyl (C=O) groups excluding carboxylic acids is 1. The van der Waals surface area contributed by atoms with Crippen molar-refractivity contribution in [3.63, 3.8) is 0 Å². The van der Waals surface area contributed by atoms with Gasteiger partial charge in [0.05, 0.1) is 35.5 Å². The van der Waals surface area contributed by atoms with Crippen molar-refractivity contribution in [1.29, 1.82) is 0 Å². The number of fused-ring (bicyclic) bond motifs is 1. The number of rotatable bonds is 5. The van der Waals surface area contributed by atoms with E-state index in [1.807, 2.05) is 0 Å². The molecule has 2 aromatic heterocycles. The maximum Gasteiger partial charge on any atom is 0.322 e. The third-order valence-electron chi connectivity index (χ3n) is 3.88. The van der Waals surface area contributed by atoms with Crippen LogP contribution < -0.4 is 14.8 Å². The van der Waals surface area contributed by atoms with E-state index in [-0.39, 0.29) is 17.8 Å². The van der Waals surface area contributed by atoms with Crippen LogP contribution in [0.5, 0.6) is 11.5 Å². The fourth-order valence-corrected chi connectivity index (χ4v) is 3.24. The lowest BCUT2D eigenvalue weighted by Crippen LogP contribution is -2.11. The maximum atomic E-state index is 12.4. The third-order valence-corrected chi connectivity index (χ3v) is 4.67. The summed E-state index contributed by atoms with van der Waals surface area (Å²) in [6, 6.07) is 10.5. The van der Waals surface area contributed by atoms with Gasteiger partial charge in [-0.2, -0.15) is 0 Å². The molecule has 0 bridgehead atoms. The van der Waals surface area contributed by atoms with E-state index in [2.05, 4.69) is 20.5 Å². The molecule has 8 nitrogen and oxygen atoms in total. The minimum Gasteiger partial charge on any atom is -0.497 e. The molecular weight excluding hydrogens is 368 g/mol. The second-order valence-electron chi connectivity index (χ2n) is 5.47. The summed E-state index contributed by atoms with van der Waals surface area (Å²) in [4.78, 5) is 16.6. The molecule has 0 saturated carbocycles. The van der Waals surface area contributed by atoms with Crippen molar-refractivity contribution < 1.29 is 18.7 Å². The van der Waals surface area contributed by atoms with Crippen molar-refractivity contribution >= 4 is 33.5 Å². The zero-order chi connectivity index (χ0) is 18.8. The molecule has 0 atom stereocenters. The van der Waals surface area contributed by atoms with Crippen LogP contribution >= 0.6 is 11.3 Å². The first kappa shape index (κ1) is 17.0. The highest BCUT2D eigenvalue weighted by Crippen LogP contribution is 2.33. The van der Waals surface area contributed by atoms with E-state index < -0.39 is 0 Å². The van der Waals surface area contributed by atoms with E-state index in [4.69, 9.17) is 13.9 Å². The molecule has 0 aliphatic heterocycles. The molecule has 27 heavy (non-hydrogen) atoms. The Morgan fingerprint density at radius 3 is 2.81 bits per heavy atom. The molecule has 0 saturated heterocycles. The number of benzene rings is 2. The molecule has 0 aliphatic carbocycles. The summed E-state index contributed by atoms with van der Waals surface area (Å²) in [5.41, 5.74) is 3.66. The molecule has 0 radical (unpaired) electrons. The van der Waals surface area contributed by atoms with Gasteiger partial charge < -0.3 is 13.9 Å². The Morgan fingerprint density at radius 1 is 1.11 bits per heavy atom. The van der Waals surface area contributed by atoms with Gasteiger partial charge in [-0.05, 0) is 30.3 Å². The van der Waals surface area contributed by atoms with Gasteiger partial charge in [0.2, 0.25) is 0 Å². The molecule has 0 unspecified atom stereocenters. The van der Waals surface area contributed by atoms with Gasteiger partial charge >= 0.3 is 6.01 Å². The van der Waals surface area contributed by atoms with Crippen LogP contribution in [0.3, 0.4) is 0 Å². The first-order valence-corrected chi connectivity index (χ1v) is 8.76. The number of amides is 1. The molecule has 2 heterocycles. The van der Waals surface area contributed by atoms with Crippen molar-refractivity contribution in [1.82, 2.24) is 15.2 Å². The first-order valence-electron chi connectivity index (χ1n) is 7.88. The van der Waals surface area contributed by atoms with Gasteiger partial charge in [-0.15, -0.1) is 16.4 Å². The summed E-state index contributed by atoms with van der Waals surface area (Å²) in [6.07, 6.45) is 0. The Hall–Kier alpha value is -3.46. The van der Waals surface area contributed by atoms with Crippen LogP contribution in [0.25, 0.3) is 21.7 Å². The summed E-state index contributed by atoms with van der Waals surface area (Å²) < 4.78 is 17.0. The number of aromatic nitrogens is 3. The van der Waals surface area contributed by atoms with E-state index in [9.17, 15) is 4.79 Å². The Labute approximate surface area is 157 Å². The van der Waals surface area contributed by atoms with Crippen LogP contribution in [-0.2, 0) is 0 Å². The number of hydrogen-bond acceptors (Lipinski definition) is 8. The van der Waals surface area contributed by atoms with E-state index in [1.165, 1.54) is 18.4 Å². The van der Waals surface area contributed by atoms with Gasteiger partial charge in [0, 0.05) is 11.6 Å². The van der Waals surface area contributed by atoms with E-state index in [0.717, 1.165) is 10.2 Å². The van der Waals surface area contributed by atoms with Crippen molar-refractivity contribution in [2.45, 2.75) is 0 Å². The Bertz CT molecular complexity index is 1120. The number of thiazole rings is 1. The van der Waals surface area contributed by atoms with Crippen LogP contribution in [0.1, 0.15) is 10.4 Å². The van der Waals surface area contributed by atoms with Crippen LogP contribution in [0.2, 0.25) is 0 Å². The van der Waals surface area contributed by atoms with Gasteiger partial charge in [0.1, 0.15) is 11.5 Å². The highest BCUT2D eigenvalue weighted by atomic mass is 32.1. The smallest absolute Gasteiger partial charge is 0.322 e. The summed E-state index contributed by atoms with van der Waals surface area (Å²) in [6.45, 7) is 0. The van der Waals surface area contributed by atoms with E-state index >= 15 is 0 Å². The number of nitrogens with zero attached hydrogens (tertiary/aromatic N) is 3. The third kappa shape index (κ3) is 3.32. The van der Waals surface area contributed by atoms with Crippen molar-refractivity contribution in [2.24, 2.45) is 0 Å². The molecular formula is C18H14N4O4S. The summed E-state index contributed by atoms with van der Waals surface area (Å²) in [5, 5.41) is 10.5. The minimum absolute atomic E-state index is 0.00253. The number of hydrogen-bond donors (Lipinski definition) is 1. The number of methoxy groups -OCH3 is 2. The molecule has 1 amide bonds. The standard InChI is InChI=1S/C18H14N4O4S/c1-24-11-4-5-12(14(8-11)25-2)17-21-22-18(26-17)20-16(23)10-3-6-13-15(7-10)27-9-19-13/h3-9H,1-2H3,(H,20,22,23). The fourth-order valence-electron chi connectivity index (χ4n) is 2.52. The first-order chi connectivity index (χ1) is 13.2. The normalized spacial score (nSPS) is 10.7. The largest absolute Gasteiger partial charge is 0.497 e. The second-order valence-corrected chi connectivity index (χ2v) is 6.35. The van der Waals surface area contributed by atoms with Gasteiger partial charge in [0.25, 0.3) is 11.8 Å².